The number of nitrogens with two attached hydrogens (primary N) is 1. The molecule has 1 aromatic carbocycles. The number of nitrogens with zero attached hydrogens (tertiary/aromatic N) is 2. The molecule has 4 atom stereocenters. The highest BCUT2D eigenvalue weighted by Gasteiger charge is 2.49. The second-order valence-electron chi connectivity index (χ2n) is 11.4. The summed E-state index contributed by atoms with van der Waals surface area (Å²) in [5.74, 6) is 0.0588. The summed E-state index contributed by atoms with van der Waals surface area (Å²) >= 11 is 0. The van der Waals surface area contributed by atoms with Gasteiger partial charge in [-0.3, -0.25) is 9.69 Å². The van der Waals surface area contributed by atoms with Gasteiger partial charge in [-0.25, -0.2) is 9.69 Å². The van der Waals surface area contributed by atoms with Crippen LogP contribution in [-0.4, -0.2) is 52.6 Å². The molecule has 3 rings (SSSR count). The normalized spacial score (nSPS) is 23.9. The number of imide groups is 1. The van der Waals surface area contributed by atoms with Gasteiger partial charge in [-0.1, -0.05) is 32.0 Å². The van der Waals surface area contributed by atoms with Crippen LogP contribution in [0.25, 0.3) is 0 Å². The molecule has 1 heterocycles. The number of likely N-dealkylation sites (tertiary alicyclic amines) is 1. The van der Waals surface area contributed by atoms with Gasteiger partial charge in [0.2, 0.25) is 5.91 Å². The van der Waals surface area contributed by atoms with E-state index in [1.807, 2.05) is 13.8 Å². The Morgan fingerprint density at radius 3 is 2.46 bits per heavy atom. The third kappa shape index (κ3) is 6.97. The van der Waals surface area contributed by atoms with E-state index in [9.17, 15) is 22.8 Å². The minimum Gasteiger partial charge on any atom is -0.443 e. The van der Waals surface area contributed by atoms with Crippen LogP contribution in [0.15, 0.2) is 24.3 Å². The summed E-state index contributed by atoms with van der Waals surface area (Å²) in [7, 11) is 0. The Balaban J connectivity index is 1.77. The fourth-order valence-corrected chi connectivity index (χ4v) is 5.37. The van der Waals surface area contributed by atoms with Crippen LogP contribution in [0.4, 0.5) is 18.0 Å². The highest BCUT2D eigenvalue weighted by molar-refractivity contribution is 5.95. The molecule has 1 aromatic rings. The number of benzene rings is 1. The quantitative estimate of drug-likeness (QED) is 0.595. The molecule has 196 valence electrons. The van der Waals surface area contributed by atoms with E-state index in [4.69, 9.17) is 10.5 Å². The zero-order valence-corrected chi connectivity index (χ0v) is 21.3. The average Bonchev–Trinajstić information content (AvgIpc) is 3.27. The average molecular weight is 498 g/mol. The molecule has 9 heteroatoms. The molecule has 1 saturated carbocycles. The van der Waals surface area contributed by atoms with Crippen LogP contribution in [0.5, 0.6) is 0 Å². The summed E-state index contributed by atoms with van der Waals surface area (Å²) in [6.45, 7) is 10.9. The van der Waals surface area contributed by atoms with E-state index in [-0.39, 0.29) is 23.8 Å². The standard InChI is InChI=1S/C26H38F3N3O3/c1-16(2)11-21(30)23(33)32(24(34)35-25(3,4)5)22-10-9-18-14-31(15-20(18)22)13-17-7-6-8-19(12-17)26(27,28)29/h6-8,12,16,18,20-22H,9-11,13-15,30H2,1-5H3/t18-,20+,21+,22+/m0/s1. The van der Waals surface area contributed by atoms with Crippen molar-refractivity contribution in [2.45, 2.75) is 84.3 Å². The molecule has 35 heavy (non-hydrogen) atoms. The molecule has 0 aromatic heterocycles. The van der Waals surface area contributed by atoms with Gasteiger partial charge in [0.1, 0.15) is 5.60 Å². The number of amides is 2. The number of hydrogen-bond donors (Lipinski definition) is 1. The van der Waals surface area contributed by atoms with Crippen molar-refractivity contribution in [3.05, 3.63) is 35.4 Å². The van der Waals surface area contributed by atoms with Crippen molar-refractivity contribution in [1.82, 2.24) is 9.80 Å². The van der Waals surface area contributed by atoms with Crippen molar-refractivity contribution in [3.8, 4) is 0 Å². The Kier molecular flexibility index (Phi) is 8.21. The SMILES string of the molecule is CC(C)C[C@@H](N)C(=O)N(C(=O)OC(C)(C)C)[C@@H]1CC[C@H]2CN(Cc3cccc(C(F)(F)F)c3)C[C@H]21. The van der Waals surface area contributed by atoms with Gasteiger partial charge < -0.3 is 10.5 Å². The van der Waals surface area contributed by atoms with Crippen LogP contribution in [-0.2, 0) is 22.3 Å². The van der Waals surface area contributed by atoms with Crippen molar-refractivity contribution < 1.29 is 27.5 Å². The predicted molar refractivity (Wildman–Crippen MR) is 127 cm³/mol. The van der Waals surface area contributed by atoms with E-state index >= 15 is 0 Å². The minimum atomic E-state index is -4.38. The second-order valence-corrected chi connectivity index (χ2v) is 11.4. The lowest BCUT2D eigenvalue weighted by Crippen LogP contribution is -2.54. The summed E-state index contributed by atoms with van der Waals surface area (Å²) < 4.78 is 44.9. The van der Waals surface area contributed by atoms with Crippen LogP contribution in [0.2, 0.25) is 0 Å². The van der Waals surface area contributed by atoms with Crippen molar-refractivity contribution in [2.24, 2.45) is 23.5 Å². The zero-order valence-electron chi connectivity index (χ0n) is 21.3. The van der Waals surface area contributed by atoms with E-state index in [0.29, 0.717) is 38.0 Å². The number of ether oxygens (including phenoxy) is 1. The predicted octanol–water partition coefficient (Wildman–Crippen LogP) is 5.05. The molecule has 0 radical (unpaired) electrons. The summed E-state index contributed by atoms with van der Waals surface area (Å²) in [6.07, 6.45) is -3.09. The maximum absolute atomic E-state index is 13.4. The molecule has 1 saturated heterocycles. The topological polar surface area (TPSA) is 75.9 Å². The van der Waals surface area contributed by atoms with Crippen LogP contribution in [0, 0.1) is 17.8 Å². The van der Waals surface area contributed by atoms with E-state index in [0.717, 1.165) is 12.5 Å². The molecule has 0 bridgehead atoms. The summed E-state index contributed by atoms with van der Waals surface area (Å²) in [6, 6.07) is 4.24. The molecule has 1 aliphatic carbocycles. The number of hydrogen-bond acceptors (Lipinski definition) is 5. The number of carbonyl (C=O) groups is 2. The molecule has 6 nitrogen and oxygen atoms in total. The van der Waals surface area contributed by atoms with Crippen molar-refractivity contribution in [1.29, 1.82) is 0 Å². The van der Waals surface area contributed by atoms with Crippen molar-refractivity contribution in [2.75, 3.05) is 13.1 Å². The van der Waals surface area contributed by atoms with Gasteiger partial charge in [0.05, 0.1) is 11.6 Å². The van der Waals surface area contributed by atoms with Gasteiger partial charge in [-0.2, -0.15) is 13.2 Å². The molecule has 2 aliphatic rings. The lowest BCUT2D eigenvalue weighted by molar-refractivity contribution is -0.137. The monoisotopic (exact) mass is 497 g/mol. The fraction of sp³-hybridized carbons (Fsp3) is 0.692. The Bertz CT molecular complexity index is 913. The third-order valence-electron chi connectivity index (χ3n) is 6.76. The third-order valence-corrected chi connectivity index (χ3v) is 6.76. The van der Waals surface area contributed by atoms with Gasteiger partial charge in [0.15, 0.2) is 0 Å². The molecule has 2 N–H and O–H groups in total. The van der Waals surface area contributed by atoms with E-state index in [1.165, 1.54) is 17.0 Å². The fourth-order valence-electron chi connectivity index (χ4n) is 5.37. The van der Waals surface area contributed by atoms with Crippen LogP contribution >= 0.6 is 0 Å². The highest BCUT2D eigenvalue weighted by atomic mass is 19.4. The molecule has 2 amide bonds. The first kappa shape index (κ1) is 27.5. The number of fused-ring (bicyclic) bond motifs is 1. The Labute approximate surface area is 206 Å². The van der Waals surface area contributed by atoms with Gasteiger partial charge >= 0.3 is 12.3 Å². The lowest BCUT2D eigenvalue weighted by Gasteiger charge is -2.34. The van der Waals surface area contributed by atoms with Gasteiger partial charge in [0, 0.05) is 25.7 Å². The van der Waals surface area contributed by atoms with E-state index in [2.05, 4.69) is 4.90 Å². The van der Waals surface area contributed by atoms with E-state index in [1.54, 1.807) is 26.8 Å². The summed E-state index contributed by atoms with van der Waals surface area (Å²) in [5.41, 5.74) is 5.37. The van der Waals surface area contributed by atoms with Crippen LogP contribution in [0.1, 0.15) is 65.0 Å². The zero-order chi connectivity index (χ0) is 26.1. The van der Waals surface area contributed by atoms with Crippen LogP contribution < -0.4 is 5.73 Å². The smallest absolute Gasteiger partial charge is 0.417 e. The van der Waals surface area contributed by atoms with E-state index < -0.39 is 35.4 Å². The summed E-state index contributed by atoms with van der Waals surface area (Å²) in [5, 5.41) is 0. The Morgan fingerprint density at radius 1 is 1.17 bits per heavy atom. The number of halogens is 3. The first-order valence-electron chi connectivity index (χ1n) is 12.4. The maximum Gasteiger partial charge on any atom is 0.417 e. The number of rotatable bonds is 6. The van der Waals surface area contributed by atoms with Gasteiger partial charge in [0.25, 0.3) is 0 Å². The molecule has 1 aliphatic heterocycles. The minimum absolute atomic E-state index is 0.0310. The first-order valence-corrected chi connectivity index (χ1v) is 12.4. The largest absolute Gasteiger partial charge is 0.443 e. The van der Waals surface area contributed by atoms with Gasteiger partial charge in [-0.15, -0.1) is 0 Å². The van der Waals surface area contributed by atoms with Gasteiger partial charge in [-0.05, 0) is 69.4 Å². The number of alkyl halides is 3. The first-order chi connectivity index (χ1) is 16.2. The van der Waals surface area contributed by atoms with Crippen molar-refractivity contribution >= 4 is 12.0 Å². The second kappa shape index (κ2) is 10.5. The molecule has 0 spiro atoms. The molecular formula is C26H38F3N3O3. The number of carbonyl (C=O) groups excluding carboxylic acids is 2. The lowest BCUT2D eigenvalue weighted by atomic mass is 9.95. The Morgan fingerprint density at radius 2 is 1.86 bits per heavy atom. The molecule has 0 unspecified atom stereocenters. The van der Waals surface area contributed by atoms with Crippen LogP contribution in [0.3, 0.4) is 0 Å². The Hall–Kier alpha value is -2.13. The molecular weight excluding hydrogens is 459 g/mol. The maximum atomic E-state index is 13.4. The highest BCUT2D eigenvalue weighted by Crippen LogP contribution is 2.42. The summed E-state index contributed by atoms with van der Waals surface area (Å²) in [4.78, 5) is 29.9. The van der Waals surface area contributed by atoms with Crippen molar-refractivity contribution in [3.63, 3.8) is 0 Å². The molecule has 2 fully saturated rings.